The Labute approximate surface area is 173 Å². The Morgan fingerprint density at radius 1 is 1.24 bits per heavy atom. The normalized spacial score (nSPS) is 16.6. The molecule has 1 aromatic heterocycles. The van der Waals surface area contributed by atoms with Gasteiger partial charge < -0.3 is 15.3 Å². The molecule has 2 N–H and O–H groups in total. The zero-order valence-corrected chi connectivity index (χ0v) is 18.8. The van der Waals surface area contributed by atoms with Crippen molar-refractivity contribution in [3.63, 3.8) is 0 Å². The lowest BCUT2D eigenvalue weighted by Crippen LogP contribution is -2.52. The second kappa shape index (κ2) is 11.4. The molecule has 0 saturated carbocycles. The fourth-order valence-corrected chi connectivity index (χ4v) is 3.61. The highest BCUT2D eigenvalue weighted by molar-refractivity contribution is 14.0. The lowest BCUT2D eigenvalue weighted by molar-refractivity contribution is 0.0414. The molecular weight excluding hydrogens is 447 g/mol. The standard InChI is InChI=1S/C18H32N4OS.HI/c1-4-18(23,5-2)15-20-17(19-6-3)22-11-9-21(10-12-22)14-16-8-7-13-24-16;/h7-8,13,23H,4-6,9-12,14-15H2,1-3H3,(H,19,20);1H. The average Bonchev–Trinajstić information content (AvgIpc) is 3.12. The maximum absolute atomic E-state index is 10.5. The molecule has 5 nitrogen and oxygen atoms in total. The van der Waals surface area contributed by atoms with Crippen LogP contribution in [0.3, 0.4) is 0 Å². The van der Waals surface area contributed by atoms with Crippen LogP contribution in [0.25, 0.3) is 0 Å². The van der Waals surface area contributed by atoms with Gasteiger partial charge in [-0.2, -0.15) is 0 Å². The van der Waals surface area contributed by atoms with E-state index < -0.39 is 5.60 Å². The van der Waals surface area contributed by atoms with Crippen molar-refractivity contribution < 1.29 is 5.11 Å². The summed E-state index contributed by atoms with van der Waals surface area (Å²) in [4.78, 5) is 11.0. The SMILES string of the molecule is CCNC(=NCC(O)(CC)CC)N1CCN(Cc2cccs2)CC1.I. The first kappa shape index (κ1) is 22.7. The third-order valence-electron chi connectivity index (χ3n) is 4.81. The van der Waals surface area contributed by atoms with E-state index in [9.17, 15) is 5.11 Å². The highest BCUT2D eigenvalue weighted by Gasteiger charge is 2.24. The van der Waals surface area contributed by atoms with Crippen LogP contribution in [0.1, 0.15) is 38.5 Å². The van der Waals surface area contributed by atoms with Crippen molar-refractivity contribution >= 4 is 41.3 Å². The molecule has 0 bridgehead atoms. The van der Waals surface area contributed by atoms with Gasteiger partial charge in [0.05, 0.1) is 12.1 Å². The number of aliphatic hydroxyl groups is 1. The summed E-state index contributed by atoms with van der Waals surface area (Å²) in [7, 11) is 0. The third-order valence-corrected chi connectivity index (χ3v) is 5.67. The monoisotopic (exact) mass is 480 g/mol. The molecule has 1 aliphatic rings. The van der Waals surface area contributed by atoms with Gasteiger partial charge in [-0.25, -0.2) is 0 Å². The minimum Gasteiger partial charge on any atom is -0.388 e. The van der Waals surface area contributed by atoms with Crippen LogP contribution in [0.5, 0.6) is 0 Å². The Morgan fingerprint density at radius 3 is 2.44 bits per heavy atom. The lowest BCUT2D eigenvalue weighted by Gasteiger charge is -2.36. The van der Waals surface area contributed by atoms with Gasteiger partial charge >= 0.3 is 0 Å². The minimum atomic E-state index is -0.679. The summed E-state index contributed by atoms with van der Waals surface area (Å²) in [5.41, 5.74) is -0.679. The van der Waals surface area contributed by atoms with Crippen molar-refractivity contribution in [3.05, 3.63) is 22.4 Å². The number of piperazine rings is 1. The van der Waals surface area contributed by atoms with Gasteiger partial charge in [0.25, 0.3) is 0 Å². The Bertz CT molecular complexity index is 497. The predicted octanol–water partition coefficient (Wildman–Crippen LogP) is 3.00. The molecule has 1 aliphatic heterocycles. The van der Waals surface area contributed by atoms with Crippen LogP contribution in [0.4, 0.5) is 0 Å². The summed E-state index contributed by atoms with van der Waals surface area (Å²) < 4.78 is 0. The quantitative estimate of drug-likeness (QED) is 0.358. The average molecular weight is 480 g/mol. The number of nitrogens with one attached hydrogen (secondary N) is 1. The zero-order valence-electron chi connectivity index (χ0n) is 15.7. The fourth-order valence-electron chi connectivity index (χ4n) is 2.86. The van der Waals surface area contributed by atoms with Crippen LogP contribution in [-0.4, -0.2) is 65.7 Å². The molecule has 2 heterocycles. The second-order valence-corrected chi connectivity index (χ2v) is 7.48. The first-order chi connectivity index (χ1) is 11.6. The Balaban J connectivity index is 0.00000312. The van der Waals surface area contributed by atoms with Gasteiger partial charge in [-0.3, -0.25) is 9.89 Å². The minimum absolute atomic E-state index is 0. The molecule has 0 radical (unpaired) electrons. The molecule has 144 valence electrons. The van der Waals surface area contributed by atoms with Crippen molar-refractivity contribution in [1.29, 1.82) is 0 Å². The molecule has 1 saturated heterocycles. The topological polar surface area (TPSA) is 51.1 Å². The molecule has 0 aromatic carbocycles. The first-order valence-electron chi connectivity index (χ1n) is 9.10. The summed E-state index contributed by atoms with van der Waals surface area (Å²) >= 11 is 1.83. The van der Waals surface area contributed by atoms with Crippen LogP contribution in [-0.2, 0) is 6.54 Å². The van der Waals surface area contributed by atoms with E-state index >= 15 is 0 Å². The molecule has 0 unspecified atom stereocenters. The van der Waals surface area contributed by atoms with E-state index in [4.69, 9.17) is 4.99 Å². The number of hydrogen-bond donors (Lipinski definition) is 2. The van der Waals surface area contributed by atoms with E-state index in [0.29, 0.717) is 6.54 Å². The van der Waals surface area contributed by atoms with Crippen molar-refractivity contribution in [2.75, 3.05) is 39.3 Å². The molecule has 0 atom stereocenters. The van der Waals surface area contributed by atoms with Crippen molar-refractivity contribution in [2.45, 2.75) is 45.8 Å². The largest absolute Gasteiger partial charge is 0.388 e. The molecule has 2 rings (SSSR count). The predicted molar refractivity (Wildman–Crippen MR) is 118 cm³/mol. The number of aliphatic imine (C=N–C) groups is 1. The Hall–Kier alpha value is -0.380. The van der Waals surface area contributed by atoms with Gasteiger partial charge in [0.1, 0.15) is 0 Å². The van der Waals surface area contributed by atoms with Crippen LogP contribution in [0.15, 0.2) is 22.5 Å². The number of thiophene rings is 1. The number of rotatable bonds is 7. The molecule has 0 amide bonds. The van der Waals surface area contributed by atoms with E-state index in [1.165, 1.54) is 4.88 Å². The van der Waals surface area contributed by atoms with Crippen molar-refractivity contribution in [1.82, 2.24) is 15.1 Å². The van der Waals surface area contributed by atoms with Crippen LogP contribution < -0.4 is 5.32 Å². The maximum atomic E-state index is 10.5. The molecule has 1 aromatic rings. The molecule has 25 heavy (non-hydrogen) atoms. The van der Waals surface area contributed by atoms with Crippen LogP contribution in [0, 0.1) is 0 Å². The lowest BCUT2D eigenvalue weighted by atomic mass is 9.98. The maximum Gasteiger partial charge on any atom is 0.194 e. The zero-order chi connectivity index (χ0) is 17.4. The van der Waals surface area contributed by atoms with E-state index in [-0.39, 0.29) is 24.0 Å². The number of hydrogen-bond acceptors (Lipinski definition) is 4. The summed E-state index contributed by atoms with van der Waals surface area (Å²) in [6.45, 7) is 12.6. The van der Waals surface area contributed by atoms with E-state index in [1.54, 1.807) is 0 Å². The van der Waals surface area contributed by atoms with E-state index in [1.807, 2.05) is 25.2 Å². The van der Waals surface area contributed by atoms with Crippen LogP contribution in [0.2, 0.25) is 0 Å². The highest BCUT2D eigenvalue weighted by Crippen LogP contribution is 2.16. The third kappa shape index (κ3) is 7.03. The summed E-state index contributed by atoms with van der Waals surface area (Å²) in [5, 5.41) is 16.0. The van der Waals surface area contributed by atoms with Gasteiger partial charge in [0.2, 0.25) is 0 Å². The molecule has 0 aliphatic carbocycles. The second-order valence-electron chi connectivity index (χ2n) is 6.44. The first-order valence-corrected chi connectivity index (χ1v) is 9.98. The van der Waals surface area contributed by atoms with Gasteiger partial charge in [-0.1, -0.05) is 19.9 Å². The van der Waals surface area contributed by atoms with E-state index in [2.05, 4.69) is 39.6 Å². The van der Waals surface area contributed by atoms with Gasteiger partial charge in [-0.15, -0.1) is 35.3 Å². The number of guanidine groups is 1. The van der Waals surface area contributed by atoms with Crippen molar-refractivity contribution in [2.24, 2.45) is 4.99 Å². The smallest absolute Gasteiger partial charge is 0.194 e. The summed E-state index contributed by atoms with van der Waals surface area (Å²) in [5.74, 6) is 0.939. The number of nitrogens with zero attached hydrogens (tertiary/aromatic N) is 3. The Kier molecular flexibility index (Phi) is 10.3. The van der Waals surface area contributed by atoms with Gasteiger partial charge in [0.15, 0.2) is 5.96 Å². The molecule has 0 spiro atoms. The molecular formula is C18H33IN4OS. The van der Waals surface area contributed by atoms with E-state index in [0.717, 1.165) is 58.1 Å². The fraction of sp³-hybridized carbons (Fsp3) is 0.722. The van der Waals surface area contributed by atoms with Crippen LogP contribution >= 0.6 is 35.3 Å². The summed E-state index contributed by atoms with van der Waals surface area (Å²) in [6, 6.07) is 4.33. The summed E-state index contributed by atoms with van der Waals surface area (Å²) in [6.07, 6.45) is 1.47. The van der Waals surface area contributed by atoms with Crippen molar-refractivity contribution in [3.8, 4) is 0 Å². The molecule has 1 fully saturated rings. The number of halogens is 1. The van der Waals surface area contributed by atoms with Gasteiger partial charge in [0, 0.05) is 44.1 Å². The molecule has 7 heteroatoms. The highest BCUT2D eigenvalue weighted by atomic mass is 127. The Morgan fingerprint density at radius 2 is 1.92 bits per heavy atom. The van der Waals surface area contributed by atoms with Gasteiger partial charge in [-0.05, 0) is 31.2 Å².